The van der Waals surface area contributed by atoms with E-state index in [1.54, 1.807) is 0 Å². The van der Waals surface area contributed by atoms with Gasteiger partial charge in [-0.3, -0.25) is 0 Å². The van der Waals surface area contributed by atoms with Gasteiger partial charge in [0.15, 0.2) is 0 Å². The lowest BCUT2D eigenvalue weighted by molar-refractivity contribution is 0.407. The Kier molecular flexibility index (Phi) is 4.65. The average molecular weight is 415 g/mol. The van der Waals surface area contributed by atoms with Crippen molar-refractivity contribution in [3.63, 3.8) is 0 Å². The van der Waals surface area contributed by atoms with Gasteiger partial charge in [0.2, 0.25) is 0 Å². The number of nitrogens with one attached hydrogen (secondary N) is 1. The van der Waals surface area contributed by atoms with Crippen LogP contribution in [0.3, 0.4) is 0 Å². The zero-order chi connectivity index (χ0) is 14.1. The van der Waals surface area contributed by atoms with Gasteiger partial charge in [0.1, 0.15) is 0 Å². The highest BCUT2D eigenvalue weighted by Crippen LogP contribution is 2.43. The Morgan fingerprint density at radius 2 is 1.95 bits per heavy atom. The van der Waals surface area contributed by atoms with Crippen molar-refractivity contribution in [1.29, 1.82) is 0 Å². The predicted octanol–water partition coefficient (Wildman–Crippen LogP) is 5.44. The summed E-state index contributed by atoms with van der Waals surface area (Å²) < 4.78 is 2.48. The quantitative estimate of drug-likeness (QED) is 0.689. The number of piperidine rings is 1. The predicted molar refractivity (Wildman–Crippen MR) is 93.9 cm³/mol. The molecule has 0 radical (unpaired) electrons. The normalized spacial score (nSPS) is 22.9. The lowest BCUT2D eigenvalue weighted by atomic mass is 9.80. The van der Waals surface area contributed by atoms with Gasteiger partial charge in [0, 0.05) is 37.1 Å². The molecule has 1 aliphatic heterocycles. The van der Waals surface area contributed by atoms with Crippen LogP contribution in [0, 0.1) is 6.92 Å². The van der Waals surface area contributed by atoms with Crippen molar-refractivity contribution in [2.75, 3.05) is 13.1 Å². The minimum atomic E-state index is 0.546. The molecular formula is C16H17Br2NS. The third kappa shape index (κ3) is 2.89. The standard InChI is InChI=1S/C16H17Br2NS/c1-10-15(18)8-16(20-10)12-6-7-19-9-13(12)11-4-2-3-5-14(11)17/h2-5,8,12-13,19H,6-7,9H2,1H3. The Morgan fingerprint density at radius 1 is 1.15 bits per heavy atom. The second kappa shape index (κ2) is 6.30. The number of hydrogen-bond acceptors (Lipinski definition) is 2. The van der Waals surface area contributed by atoms with Gasteiger partial charge in [0.25, 0.3) is 0 Å². The molecule has 106 valence electrons. The van der Waals surface area contributed by atoms with Gasteiger partial charge in [-0.1, -0.05) is 34.1 Å². The van der Waals surface area contributed by atoms with Crippen LogP contribution in [0.2, 0.25) is 0 Å². The molecule has 0 spiro atoms. The third-order valence-electron chi connectivity index (χ3n) is 4.03. The van der Waals surface area contributed by atoms with Crippen LogP contribution < -0.4 is 5.32 Å². The van der Waals surface area contributed by atoms with Crippen LogP contribution in [0.5, 0.6) is 0 Å². The molecule has 1 nitrogen and oxygen atoms in total. The topological polar surface area (TPSA) is 12.0 Å². The highest BCUT2D eigenvalue weighted by Gasteiger charge is 2.30. The van der Waals surface area contributed by atoms with Gasteiger partial charge in [0.05, 0.1) is 0 Å². The maximum Gasteiger partial charge on any atom is 0.0314 e. The number of halogens is 2. The summed E-state index contributed by atoms with van der Waals surface area (Å²) in [5.74, 6) is 1.16. The number of benzene rings is 1. The van der Waals surface area contributed by atoms with E-state index in [-0.39, 0.29) is 0 Å². The highest BCUT2D eigenvalue weighted by atomic mass is 79.9. The smallest absolute Gasteiger partial charge is 0.0314 e. The van der Waals surface area contributed by atoms with Gasteiger partial charge < -0.3 is 5.32 Å². The maximum absolute atomic E-state index is 3.72. The molecule has 1 aliphatic rings. The molecule has 1 aromatic carbocycles. The molecule has 0 amide bonds. The summed E-state index contributed by atoms with van der Waals surface area (Å²) in [5.41, 5.74) is 1.42. The zero-order valence-electron chi connectivity index (χ0n) is 11.3. The Labute approximate surface area is 141 Å². The number of rotatable bonds is 2. The van der Waals surface area contributed by atoms with Crippen LogP contribution in [-0.2, 0) is 0 Å². The van der Waals surface area contributed by atoms with Crippen LogP contribution in [0.15, 0.2) is 39.3 Å². The first-order valence-corrected chi connectivity index (χ1v) is 9.28. The Hall–Kier alpha value is -0.160. The van der Waals surface area contributed by atoms with Gasteiger partial charge in [-0.05, 0) is 53.5 Å². The summed E-state index contributed by atoms with van der Waals surface area (Å²) in [6.07, 6.45) is 1.21. The van der Waals surface area contributed by atoms with Crippen molar-refractivity contribution in [3.8, 4) is 0 Å². The lowest BCUT2D eigenvalue weighted by Gasteiger charge is -2.32. The van der Waals surface area contributed by atoms with Crippen molar-refractivity contribution >= 4 is 43.2 Å². The molecule has 3 rings (SSSR count). The van der Waals surface area contributed by atoms with Crippen LogP contribution in [-0.4, -0.2) is 13.1 Å². The van der Waals surface area contributed by atoms with E-state index in [1.807, 2.05) is 11.3 Å². The number of thiophene rings is 1. The Morgan fingerprint density at radius 3 is 2.65 bits per heavy atom. The summed E-state index contributed by atoms with van der Waals surface area (Å²) >= 11 is 9.31. The molecule has 2 aromatic rings. The van der Waals surface area contributed by atoms with Crippen molar-refractivity contribution in [2.24, 2.45) is 0 Å². The summed E-state index contributed by atoms with van der Waals surface area (Å²) in [6.45, 7) is 4.36. The van der Waals surface area contributed by atoms with Gasteiger partial charge in [-0.25, -0.2) is 0 Å². The van der Waals surface area contributed by atoms with Gasteiger partial charge >= 0.3 is 0 Å². The maximum atomic E-state index is 3.72. The van der Waals surface area contributed by atoms with Crippen molar-refractivity contribution < 1.29 is 0 Å². The first kappa shape index (κ1) is 14.8. The highest BCUT2D eigenvalue weighted by molar-refractivity contribution is 9.10. The molecule has 20 heavy (non-hydrogen) atoms. The third-order valence-corrected chi connectivity index (χ3v) is 7.02. The average Bonchev–Trinajstić information content (AvgIpc) is 2.79. The molecule has 0 saturated carbocycles. The largest absolute Gasteiger partial charge is 0.316 e. The molecule has 2 atom stereocenters. The summed E-state index contributed by atoms with van der Waals surface area (Å²) in [6, 6.07) is 11.0. The molecular weight excluding hydrogens is 398 g/mol. The van der Waals surface area contributed by atoms with E-state index in [9.17, 15) is 0 Å². The van der Waals surface area contributed by atoms with E-state index in [4.69, 9.17) is 0 Å². The first-order chi connectivity index (χ1) is 9.66. The molecule has 1 saturated heterocycles. The molecule has 1 aromatic heterocycles. The molecule has 0 bridgehead atoms. The van der Waals surface area contributed by atoms with Crippen molar-refractivity contribution in [1.82, 2.24) is 5.32 Å². The van der Waals surface area contributed by atoms with E-state index in [0.717, 1.165) is 13.1 Å². The van der Waals surface area contributed by atoms with Gasteiger partial charge in [-0.15, -0.1) is 11.3 Å². The van der Waals surface area contributed by atoms with Crippen molar-refractivity contribution in [3.05, 3.63) is 54.6 Å². The van der Waals surface area contributed by atoms with Crippen LogP contribution in [0.25, 0.3) is 0 Å². The molecule has 2 heterocycles. The Bertz CT molecular complexity index is 589. The van der Waals surface area contributed by atoms with E-state index < -0.39 is 0 Å². The lowest BCUT2D eigenvalue weighted by Crippen LogP contribution is -2.33. The monoisotopic (exact) mass is 413 g/mol. The molecule has 4 heteroatoms. The minimum absolute atomic E-state index is 0.546. The zero-order valence-corrected chi connectivity index (χ0v) is 15.3. The fourth-order valence-corrected chi connectivity index (χ4v) is 5.31. The number of aryl methyl sites for hydroxylation is 1. The summed E-state index contributed by atoms with van der Waals surface area (Å²) in [4.78, 5) is 2.89. The fourth-order valence-electron chi connectivity index (χ4n) is 2.97. The van der Waals surface area contributed by atoms with E-state index in [0.29, 0.717) is 11.8 Å². The Balaban J connectivity index is 1.97. The van der Waals surface area contributed by atoms with Gasteiger partial charge in [-0.2, -0.15) is 0 Å². The van der Waals surface area contributed by atoms with Crippen LogP contribution >= 0.6 is 43.2 Å². The minimum Gasteiger partial charge on any atom is -0.316 e. The van der Waals surface area contributed by atoms with E-state index in [2.05, 4.69) is 74.4 Å². The molecule has 0 aliphatic carbocycles. The van der Waals surface area contributed by atoms with Crippen molar-refractivity contribution in [2.45, 2.75) is 25.2 Å². The fraction of sp³-hybridized carbons (Fsp3) is 0.375. The molecule has 2 unspecified atom stereocenters. The van der Waals surface area contributed by atoms with Crippen LogP contribution in [0.1, 0.15) is 33.6 Å². The van der Waals surface area contributed by atoms with E-state index >= 15 is 0 Å². The van der Waals surface area contributed by atoms with E-state index in [1.165, 1.54) is 30.7 Å². The second-order valence-corrected chi connectivity index (χ2v) is 8.28. The summed E-state index contributed by atoms with van der Waals surface area (Å²) in [7, 11) is 0. The summed E-state index contributed by atoms with van der Waals surface area (Å²) in [5, 5.41) is 3.55. The molecule has 1 N–H and O–H groups in total. The number of hydrogen-bond donors (Lipinski definition) is 1. The first-order valence-electron chi connectivity index (χ1n) is 6.88. The van der Waals surface area contributed by atoms with Crippen LogP contribution in [0.4, 0.5) is 0 Å². The SMILES string of the molecule is Cc1sc(C2CCNCC2c2ccccc2Br)cc1Br. The second-order valence-electron chi connectivity index (χ2n) is 5.28. The molecule has 1 fully saturated rings.